The Hall–Kier alpha value is -1.87. The van der Waals surface area contributed by atoms with Crippen LogP contribution in [0.1, 0.15) is 30.6 Å². The number of aliphatic hydroxyl groups excluding tert-OH is 1. The number of aliphatic hydroxyl groups is 1. The molecule has 0 radical (unpaired) electrons. The molecule has 3 nitrogen and oxygen atoms in total. The second-order valence-electron chi connectivity index (χ2n) is 5.01. The number of anilines is 2. The highest BCUT2D eigenvalue weighted by molar-refractivity contribution is 5.65. The van der Waals surface area contributed by atoms with E-state index in [2.05, 4.69) is 34.1 Å². The fourth-order valence-corrected chi connectivity index (χ4v) is 2.61. The van der Waals surface area contributed by atoms with E-state index in [0.717, 1.165) is 30.8 Å². The summed E-state index contributed by atoms with van der Waals surface area (Å²) in [6, 6.07) is 12.3. The van der Waals surface area contributed by atoms with E-state index in [1.165, 1.54) is 11.3 Å². The first-order valence-corrected chi connectivity index (χ1v) is 6.75. The number of para-hydroxylation sites is 1. The van der Waals surface area contributed by atoms with Gasteiger partial charge in [0.15, 0.2) is 0 Å². The Morgan fingerprint density at radius 1 is 1.26 bits per heavy atom. The molecule has 1 aromatic heterocycles. The summed E-state index contributed by atoms with van der Waals surface area (Å²) >= 11 is 0. The first-order valence-electron chi connectivity index (χ1n) is 6.75. The van der Waals surface area contributed by atoms with Crippen LogP contribution in [0.2, 0.25) is 0 Å². The van der Waals surface area contributed by atoms with Crippen LogP contribution >= 0.6 is 0 Å². The number of pyridine rings is 1. The lowest BCUT2D eigenvalue weighted by Crippen LogP contribution is -2.25. The zero-order chi connectivity index (χ0) is 13.2. The van der Waals surface area contributed by atoms with E-state index in [4.69, 9.17) is 0 Å². The molecule has 98 valence electrons. The standard InChI is InChI=1S/C16H18N2O/c1-12(19)14-8-9-17-16(11-14)18-10-4-6-13-5-2-3-7-15(13)18/h2-3,5,7-9,11-12,19H,4,6,10H2,1H3/t12-/m1/s1. The summed E-state index contributed by atoms with van der Waals surface area (Å²) < 4.78 is 0. The fourth-order valence-electron chi connectivity index (χ4n) is 2.61. The van der Waals surface area contributed by atoms with Gasteiger partial charge in [0.05, 0.1) is 6.10 Å². The Morgan fingerprint density at radius 2 is 2.11 bits per heavy atom. The predicted molar refractivity (Wildman–Crippen MR) is 76.6 cm³/mol. The highest BCUT2D eigenvalue weighted by Crippen LogP contribution is 2.32. The number of fused-ring (bicyclic) bond motifs is 1. The number of aryl methyl sites for hydroxylation is 1. The van der Waals surface area contributed by atoms with Crippen molar-refractivity contribution in [1.29, 1.82) is 0 Å². The molecule has 2 aromatic rings. The van der Waals surface area contributed by atoms with Crippen LogP contribution in [0.3, 0.4) is 0 Å². The molecule has 1 aliphatic rings. The minimum atomic E-state index is -0.457. The normalized spacial score (nSPS) is 16.0. The average molecular weight is 254 g/mol. The fraction of sp³-hybridized carbons (Fsp3) is 0.312. The molecule has 1 aliphatic heterocycles. The van der Waals surface area contributed by atoms with E-state index >= 15 is 0 Å². The molecule has 0 fully saturated rings. The van der Waals surface area contributed by atoms with Crippen LogP contribution in [0.15, 0.2) is 42.6 Å². The van der Waals surface area contributed by atoms with Gasteiger partial charge in [-0.3, -0.25) is 0 Å². The summed E-state index contributed by atoms with van der Waals surface area (Å²) in [5, 5.41) is 9.70. The lowest BCUT2D eigenvalue weighted by atomic mass is 10.0. The van der Waals surface area contributed by atoms with Crippen LogP contribution in [-0.4, -0.2) is 16.6 Å². The molecule has 0 amide bonds. The number of benzene rings is 1. The van der Waals surface area contributed by atoms with Crippen molar-refractivity contribution < 1.29 is 5.11 Å². The molecule has 0 saturated heterocycles. The Morgan fingerprint density at radius 3 is 2.95 bits per heavy atom. The van der Waals surface area contributed by atoms with Crippen molar-refractivity contribution in [2.24, 2.45) is 0 Å². The number of rotatable bonds is 2. The average Bonchev–Trinajstić information content (AvgIpc) is 2.47. The van der Waals surface area contributed by atoms with Crippen molar-refractivity contribution in [3.63, 3.8) is 0 Å². The van der Waals surface area contributed by atoms with Gasteiger partial charge in [0.2, 0.25) is 0 Å². The van der Waals surface area contributed by atoms with E-state index in [-0.39, 0.29) is 0 Å². The van der Waals surface area contributed by atoms with Gasteiger partial charge in [0, 0.05) is 18.4 Å². The van der Waals surface area contributed by atoms with E-state index in [0.29, 0.717) is 0 Å². The van der Waals surface area contributed by atoms with Crippen molar-refractivity contribution in [3.8, 4) is 0 Å². The van der Waals surface area contributed by atoms with Gasteiger partial charge in [-0.2, -0.15) is 0 Å². The van der Waals surface area contributed by atoms with E-state index in [1.54, 1.807) is 13.1 Å². The molecule has 3 rings (SSSR count). The maximum atomic E-state index is 9.70. The smallest absolute Gasteiger partial charge is 0.133 e. The van der Waals surface area contributed by atoms with Gasteiger partial charge in [-0.1, -0.05) is 18.2 Å². The summed E-state index contributed by atoms with van der Waals surface area (Å²) in [4.78, 5) is 6.70. The quantitative estimate of drug-likeness (QED) is 0.894. The van der Waals surface area contributed by atoms with Crippen molar-refractivity contribution >= 4 is 11.5 Å². The summed E-state index contributed by atoms with van der Waals surface area (Å²) in [7, 11) is 0. The lowest BCUT2D eigenvalue weighted by Gasteiger charge is -2.30. The summed E-state index contributed by atoms with van der Waals surface area (Å²) in [6.07, 6.45) is 3.58. The molecule has 1 N–H and O–H groups in total. The van der Waals surface area contributed by atoms with Gasteiger partial charge < -0.3 is 10.0 Å². The van der Waals surface area contributed by atoms with E-state index < -0.39 is 6.10 Å². The van der Waals surface area contributed by atoms with Crippen LogP contribution < -0.4 is 4.90 Å². The monoisotopic (exact) mass is 254 g/mol. The summed E-state index contributed by atoms with van der Waals surface area (Å²) in [5.41, 5.74) is 3.52. The van der Waals surface area contributed by atoms with Crippen molar-refractivity contribution in [2.45, 2.75) is 25.9 Å². The van der Waals surface area contributed by atoms with E-state index in [1.807, 2.05) is 12.1 Å². The van der Waals surface area contributed by atoms with Crippen molar-refractivity contribution in [3.05, 3.63) is 53.7 Å². The zero-order valence-electron chi connectivity index (χ0n) is 11.1. The number of nitrogens with zero attached hydrogens (tertiary/aromatic N) is 2. The summed E-state index contributed by atoms with van der Waals surface area (Å²) in [6.45, 7) is 2.76. The molecule has 0 aliphatic carbocycles. The number of hydrogen-bond donors (Lipinski definition) is 1. The molecule has 0 unspecified atom stereocenters. The summed E-state index contributed by atoms with van der Waals surface area (Å²) in [5.74, 6) is 0.922. The molecule has 2 heterocycles. The minimum Gasteiger partial charge on any atom is -0.389 e. The SMILES string of the molecule is C[C@@H](O)c1ccnc(N2CCCc3ccccc32)c1. The molecular weight excluding hydrogens is 236 g/mol. The molecule has 0 spiro atoms. The molecule has 1 atom stereocenters. The number of aromatic nitrogens is 1. The second-order valence-corrected chi connectivity index (χ2v) is 5.01. The molecule has 0 saturated carbocycles. The molecule has 3 heteroatoms. The van der Waals surface area contributed by atoms with Crippen LogP contribution in [0.25, 0.3) is 0 Å². The zero-order valence-corrected chi connectivity index (χ0v) is 11.1. The van der Waals surface area contributed by atoms with Crippen LogP contribution in [0.4, 0.5) is 11.5 Å². The third kappa shape index (κ3) is 2.34. The van der Waals surface area contributed by atoms with Crippen LogP contribution in [-0.2, 0) is 6.42 Å². The van der Waals surface area contributed by atoms with Gasteiger partial charge in [-0.25, -0.2) is 4.98 Å². The van der Waals surface area contributed by atoms with Gasteiger partial charge in [-0.05, 0) is 49.1 Å². The van der Waals surface area contributed by atoms with Gasteiger partial charge in [0.1, 0.15) is 5.82 Å². The maximum absolute atomic E-state index is 9.70. The van der Waals surface area contributed by atoms with Gasteiger partial charge in [-0.15, -0.1) is 0 Å². The first-order chi connectivity index (χ1) is 9.25. The van der Waals surface area contributed by atoms with Crippen LogP contribution in [0.5, 0.6) is 0 Å². The second kappa shape index (κ2) is 5.02. The van der Waals surface area contributed by atoms with E-state index in [9.17, 15) is 5.11 Å². The van der Waals surface area contributed by atoms with Crippen molar-refractivity contribution in [2.75, 3.05) is 11.4 Å². The first kappa shape index (κ1) is 12.2. The maximum Gasteiger partial charge on any atom is 0.133 e. The predicted octanol–water partition coefficient (Wildman–Crippen LogP) is 3.22. The minimum absolute atomic E-state index is 0.457. The molecular formula is C16H18N2O. The highest BCUT2D eigenvalue weighted by atomic mass is 16.3. The molecule has 1 aromatic carbocycles. The third-order valence-corrected chi connectivity index (χ3v) is 3.64. The lowest BCUT2D eigenvalue weighted by molar-refractivity contribution is 0.199. The van der Waals surface area contributed by atoms with Gasteiger partial charge >= 0.3 is 0 Å². The van der Waals surface area contributed by atoms with Crippen molar-refractivity contribution in [1.82, 2.24) is 4.98 Å². The van der Waals surface area contributed by atoms with Gasteiger partial charge in [0.25, 0.3) is 0 Å². The van der Waals surface area contributed by atoms with Crippen LogP contribution in [0, 0.1) is 0 Å². The number of hydrogen-bond acceptors (Lipinski definition) is 3. The topological polar surface area (TPSA) is 36.4 Å². The highest BCUT2D eigenvalue weighted by Gasteiger charge is 2.19. The molecule has 19 heavy (non-hydrogen) atoms. The Kier molecular flexibility index (Phi) is 3.22. The Balaban J connectivity index is 2.01. The largest absolute Gasteiger partial charge is 0.389 e. The third-order valence-electron chi connectivity index (χ3n) is 3.64. The Labute approximate surface area is 113 Å². The Bertz CT molecular complexity index is 580. The molecule has 0 bridgehead atoms.